The molecule has 1 atom stereocenters. The third-order valence-electron chi connectivity index (χ3n) is 4.44. The minimum absolute atomic E-state index is 0.187. The van der Waals surface area contributed by atoms with Crippen LogP contribution in [-0.4, -0.2) is 28.1 Å². The second kappa shape index (κ2) is 7.96. The summed E-state index contributed by atoms with van der Waals surface area (Å²) in [5.74, 6) is 1.23. The Morgan fingerprint density at radius 3 is 2.67 bits per heavy atom. The Hall–Kier alpha value is -1.96. The second-order valence-corrected chi connectivity index (χ2v) is 8.84. The fraction of sp³-hybridized carbons (Fsp3) is 0.421. The molecular formula is C19H24ClN5OS. The van der Waals surface area contributed by atoms with Gasteiger partial charge in [0, 0.05) is 18.7 Å². The Bertz CT molecular complexity index is 937. The van der Waals surface area contributed by atoms with Crippen molar-refractivity contribution in [2.75, 3.05) is 12.4 Å². The van der Waals surface area contributed by atoms with Gasteiger partial charge in [0.15, 0.2) is 5.13 Å². The fourth-order valence-corrected chi connectivity index (χ4v) is 3.44. The molecule has 3 aromatic heterocycles. The molecule has 0 amide bonds. The molecule has 6 nitrogen and oxygen atoms in total. The van der Waals surface area contributed by atoms with E-state index >= 15 is 0 Å². The summed E-state index contributed by atoms with van der Waals surface area (Å²) in [7, 11) is 1.60. The first kappa shape index (κ1) is 19.8. The summed E-state index contributed by atoms with van der Waals surface area (Å²) >= 11 is 7.66. The first-order chi connectivity index (χ1) is 12.7. The molecule has 0 aromatic carbocycles. The standard InChI is InChI=1S/C19H24ClN5OS/c1-11(19(2,3)4)21-10-12-8-14(20)23-15(9-12)24-18-22-13-6-7-16(26-5)25-17(13)27-18/h6-9,11,21H,10H2,1-5H3,(H,22,23,24). The Kier molecular flexibility index (Phi) is 5.83. The molecule has 1 unspecified atom stereocenters. The summed E-state index contributed by atoms with van der Waals surface area (Å²) in [5, 5.41) is 7.93. The summed E-state index contributed by atoms with van der Waals surface area (Å²) < 4.78 is 5.16. The molecule has 3 rings (SSSR count). The van der Waals surface area contributed by atoms with E-state index in [1.54, 1.807) is 13.2 Å². The van der Waals surface area contributed by atoms with Crippen LogP contribution in [0.1, 0.15) is 33.3 Å². The predicted octanol–water partition coefficient (Wildman–Crippen LogP) is 5.02. The molecule has 0 aliphatic carbocycles. The lowest BCUT2D eigenvalue weighted by Crippen LogP contribution is -2.37. The Morgan fingerprint density at radius 1 is 1.19 bits per heavy atom. The minimum atomic E-state index is 0.187. The molecule has 144 valence electrons. The van der Waals surface area contributed by atoms with Crippen LogP contribution in [0.25, 0.3) is 10.3 Å². The molecule has 0 spiro atoms. The van der Waals surface area contributed by atoms with E-state index in [1.807, 2.05) is 18.2 Å². The molecule has 3 aromatic rings. The third-order valence-corrected chi connectivity index (χ3v) is 5.51. The third kappa shape index (κ3) is 5.06. The first-order valence-corrected chi connectivity index (χ1v) is 9.92. The number of pyridine rings is 2. The average Bonchev–Trinajstić information content (AvgIpc) is 2.99. The number of thiazole rings is 1. The van der Waals surface area contributed by atoms with Crippen molar-refractivity contribution in [1.82, 2.24) is 20.3 Å². The minimum Gasteiger partial charge on any atom is -0.481 e. The van der Waals surface area contributed by atoms with Crippen LogP contribution in [0.15, 0.2) is 24.3 Å². The Labute approximate surface area is 168 Å². The molecular weight excluding hydrogens is 382 g/mol. The summed E-state index contributed by atoms with van der Waals surface area (Å²) in [6.45, 7) is 9.55. The van der Waals surface area contributed by atoms with Crippen molar-refractivity contribution in [1.29, 1.82) is 0 Å². The SMILES string of the molecule is COc1ccc2nc(Nc3cc(CNC(C)C(C)(C)C)cc(Cl)n3)sc2n1. The Morgan fingerprint density at radius 2 is 1.96 bits per heavy atom. The van der Waals surface area contributed by atoms with E-state index in [2.05, 4.69) is 53.3 Å². The van der Waals surface area contributed by atoms with Crippen LogP contribution in [0.3, 0.4) is 0 Å². The van der Waals surface area contributed by atoms with E-state index in [9.17, 15) is 0 Å². The van der Waals surface area contributed by atoms with Gasteiger partial charge in [0.05, 0.1) is 7.11 Å². The molecule has 2 N–H and O–H groups in total. The molecule has 0 radical (unpaired) electrons. The van der Waals surface area contributed by atoms with Gasteiger partial charge in [0.25, 0.3) is 0 Å². The summed E-state index contributed by atoms with van der Waals surface area (Å²) in [4.78, 5) is 14.1. The average molecular weight is 406 g/mol. The van der Waals surface area contributed by atoms with E-state index in [1.165, 1.54) is 11.3 Å². The summed E-state index contributed by atoms with van der Waals surface area (Å²) in [6, 6.07) is 7.90. The van der Waals surface area contributed by atoms with Crippen LogP contribution in [-0.2, 0) is 6.54 Å². The largest absolute Gasteiger partial charge is 0.481 e. The van der Waals surface area contributed by atoms with Gasteiger partial charge in [-0.05, 0) is 36.1 Å². The van der Waals surface area contributed by atoms with Crippen molar-refractivity contribution >= 4 is 44.2 Å². The highest BCUT2D eigenvalue weighted by Crippen LogP contribution is 2.29. The zero-order valence-corrected chi connectivity index (χ0v) is 17.7. The second-order valence-electron chi connectivity index (χ2n) is 7.47. The van der Waals surface area contributed by atoms with E-state index in [-0.39, 0.29) is 5.41 Å². The number of aromatic nitrogens is 3. The van der Waals surface area contributed by atoms with Gasteiger partial charge in [-0.1, -0.05) is 43.7 Å². The number of halogens is 1. The number of hydrogen-bond donors (Lipinski definition) is 2. The summed E-state index contributed by atoms with van der Waals surface area (Å²) in [6.07, 6.45) is 0. The van der Waals surface area contributed by atoms with Gasteiger partial charge >= 0.3 is 0 Å². The molecule has 8 heteroatoms. The smallest absolute Gasteiger partial charge is 0.214 e. The van der Waals surface area contributed by atoms with Gasteiger partial charge in [0.2, 0.25) is 5.88 Å². The fourth-order valence-electron chi connectivity index (χ4n) is 2.37. The van der Waals surface area contributed by atoms with Crippen molar-refractivity contribution in [2.24, 2.45) is 5.41 Å². The van der Waals surface area contributed by atoms with Crippen molar-refractivity contribution in [3.8, 4) is 5.88 Å². The van der Waals surface area contributed by atoms with Crippen LogP contribution in [0.4, 0.5) is 10.9 Å². The van der Waals surface area contributed by atoms with Crippen LogP contribution in [0, 0.1) is 5.41 Å². The van der Waals surface area contributed by atoms with Gasteiger partial charge in [-0.15, -0.1) is 0 Å². The predicted molar refractivity (Wildman–Crippen MR) is 112 cm³/mol. The number of nitrogens with zero attached hydrogens (tertiary/aromatic N) is 3. The highest BCUT2D eigenvalue weighted by molar-refractivity contribution is 7.21. The molecule has 0 aliphatic rings. The number of rotatable bonds is 6. The molecule has 0 saturated heterocycles. The van der Waals surface area contributed by atoms with E-state index < -0.39 is 0 Å². The lowest BCUT2D eigenvalue weighted by Gasteiger charge is -2.28. The highest BCUT2D eigenvalue weighted by atomic mass is 35.5. The van der Waals surface area contributed by atoms with Gasteiger partial charge in [-0.3, -0.25) is 0 Å². The number of methoxy groups -OCH3 is 1. The molecule has 0 fully saturated rings. The molecule has 0 bridgehead atoms. The maximum atomic E-state index is 6.21. The van der Waals surface area contributed by atoms with E-state index in [4.69, 9.17) is 16.3 Å². The van der Waals surface area contributed by atoms with Gasteiger partial charge in [-0.25, -0.2) is 15.0 Å². The van der Waals surface area contributed by atoms with Gasteiger partial charge in [0.1, 0.15) is 21.3 Å². The van der Waals surface area contributed by atoms with Crippen molar-refractivity contribution in [3.63, 3.8) is 0 Å². The number of nitrogens with one attached hydrogen (secondary N) is 2. The molecule has 0 aliphatic heterocycles. The number of hydrogen-bond acceptors (Lipinski definition) is 7. The summed E-state index contributed by atoms with van der Waals surface area (Å²) in [5.41, 5.74) is 2.06. The zero-order valence-electron chi connectivity index (χ0n) is 16.1. The quantitative estimate of drug-likeness (QED) is 0.561. The topological polar surface area (TPSA) is 72.0 Å². The van der Waals surface area contributed by atoms with Crippen LogP contribution >= 0.6 is 22.9 Å². The molecule has 27 heavy (non-hydrogen) atoms. The Balaban J connectivity index is 1.76. The van der Waals surface area contributed by atoms with Gasteiger partial charge < -0.3 is 15.4 Å². The lowest BCUT2D eigenvalue weighted by atomic mass is 9.88. The maximum absolute atomic E-state index is 6.21. The van der Waals surface area contributed by atoms with Crippen molar-refractivity contribution in [2.45, 2.75) is 40.3 Å². The molecule has 3 heterocycles. The van der Waals surface area contributed by atoms with Crippen molar-refractivity contribution < 1.29 is 4.74 Å². The highest BCUT2D eigenvalue weighted by Gasteiger charge is 2.19. The monoisotopic (exact) mass is 405 g/mol. The van der Waals surface area contributed by atoms with Crippen LogP contribution in [0.5, 0.6) is 5.88 Å². The maximum Gasteiger partial charge on any atom is 0.214 e. The van der Waals surface area contributed by atoms with E-state index in [0.29, 0.717) is 34.6 Å². The normalized spacial score (nSPS) is 13.0. The molecule has 0 saturated carbocycles. The van der Waals surface area contributed by atoms with Crippen LogP contribution in [0.2, 0.25) is 5.15 Å². The van der Waals surface area contributed by atoms with E-state index in [0.717, 1.165) is 15.9 Å². The van der Waals surface area contributed by atoms with Crippen molar-refractivity contribution in [3.05, 3.63) is 35.0 Å². The number of anilines is 2. The lowest BCUT2D eigenvalue weighted by molar-refractivity contribution is 0.285. The first-order valence-electron chi connectivity index (χ1n) is 8.73. The van der Waals surface area contributed by atoms with Crippen LogP contribution < -0.4 is 15.4 Å². The number of ether oxygens (including phenoxy) is 1. The number of fused-ring (bicyclic) bond motifs is 1. The van der Waals surface area contributed by atoms with Gasteiger partial charge in [-0.2, -0.15) is 0 Å². The zero-order chi connectivity index (χ0) is 19.6.